The SMILES string of the molecule is CCCC[NH+](CCCC)Cc1c(O)ccc2c(=O)c(Oc3ccc(-c4ccccc4)cc3)c(C(F)(F)F)oc12. The van der Waals surface area contributed by atoms with E-state index in [1.165, 1.54) is 24.3 Å². The minimum atomic E-state index is -4.99. The van der Waals surface area contributed by atoms with E-state index >= 15 is 0 Å². The highest BCUT2D eigenvalue weighted by Gasteiger charge is 2.41. The molecule has 0 bridgehead atoms. The Hall–Kier alpha value is -3.78. The summed E-state index contributed by atoms with van der Waals surface area (Å²) < 4.78 is 53.5. The fourth-order valence-electron chi connectivity index (χ4n) is 4.61. The summed E-state index contributed by atoms with van der Waals surface area (Å²) >= 11 is 0. The topological polar surface area (TPSA) is 64.1 Å². The molecule has 0 aliphatic heterocycles. The largest absolute Gasteiger partial charge is 0.507 e. The molecule has 0 fully saturated rings. The third-order valence-corrected chi connectivity index (χ3v) is 6.73. The Morgan fingerprint density at radius 1 is 0.872 bits per heavy atom. The molecule has 5 nitrogen and oxygen atoms in total. The van der Waals surface area contributed by atoms with Crippen molar-refractivity contribution in [1.29, 1.82) is 0 Å². The van der Waals surface area contributed by atoms with E-state index in [4.69, 9.17) is 9.15 Å². The van der Waals surface area contributed by atoms with Crippen LogP contribution in [0.1, 0.15) is 50.9 Å². The molecule has 0 saturated heterocycles. The maximum absolute atomic E-state index is 14.2. The summed E-state index contributed by atoms with van der Waals surface area (Å²) in [7, 11) is 0. The molecule has 0 aliphatic carbocycles. The van der Waals surface area contributed by atoms with Gasteiger partial charge in [0.25, 0.3) is 5.76 Å². The van der Waals surface area contributed by atoms with Crippen LogP contribution >= 0.6 is 0 Å². The molecule has 3 aromatic carbocycles. The van der Waals surface area contributed by atoms with Crippen molar-refractivity contribution in [2.75, 3.05) is 13.1 Å². The molecule has 0 unspecified atom stereocenters. The Morgan fingerprint density at radius 2 is 1.49 bits per heavy atom. The summed E-state index contributed by atoms with van der Waals surface area (Å²) in [5.41, 5.74) is 0.774. The normalized spacial score (nSPS) is 11.8. The van der Waals surface area contributed by atoms with E-state index in [9.17, 15) is 23.1 Å². The highest BCUT2D eigenvalue weighted by Crippen LogP contribution is 2.40. The first kappa shape index (κ1) is 28.2. The van der Waals surface area contributed by atoms with Crippen LogP contribution in [0, 0.1) is 0 Å². The number of aromatic hydroxyl groups is 1. The van der Waals surface area contributed by atoms with Crippen molar-refractivity contribution >= 4 is 11.0 Å². The molecule has 0 saturated carbocycles. The third-order valence-electron chi connectivity index (χ3n) is 6.73. The third kappa shape index (κ3) is 6.63. The van der Waals surface area contributed by atoms with Crippen molar-refractivity contribution in [2.24, 2.45) is 0 Å². The van der Waals surface area contributed by atoms with Gasteiger partial charge in [-0.05, 0) is 48.2 Å². The van der Waals surface area contributed by atoms with E-state index in [0.29, 0.717) is 0 Å². The van der Waals surface area contributed by atoms with Crippen LogP contribution in [0.4, 0.5) is 13.2 Å². The number of unbranched alkanes of at least 4 members (excludes halogenated alkanes) is 2. The van der Waals surface area contributed by atoms with E-state index in [1.54, 1.807) is 12.1 Å². The number of phenols is 1. The summed E-state index contributed by atoms with van der Waals surface area (Å²) in [4.78, 5) is 14.5. The molecule has 0 aliphatic rings. The molecule has 206 valence electrons. The molecule has 8 heteroatoms. The van der Waals surface area contributed by atoms with Gasteiger partial charge in [-0.25, -0.2) is 0 Å². The maximum atomic E-state index is 14.2. The van der Waals surface area contributed by atoms with Gasteiger partial charge in [0, 0.05) is 0 Å². The smallest absolute Gasteiger partial charge is 0.453 e. The summed E-state index contributed by atoms with van der Waals surface area (Å²) in [6.07, 6.45) is -1.19. The fraction of sp³-hybridized carbons (Fsp3) is 0.323. The van der Waals surface area contributed by atoms with Crippen LogP contribution in [0.3, 0.4) is 0 Å². The number of rotatable bonds is 11. The first-order valence-corrected chi connectivity index (χ1v) is 13.3. The van der Waals surface area contributed by atoms with Gasteiger partial charge in [0.2, 0.25) is 11.2 Å². The highest BCUT2D eigenvalue weighted by atomic mass is 19.4. The second-order valence-electron chi connectivity index (χ2n) is 9.65. The van der Waals surface area contributed by atoms with Gasteiger partial charge in [-0.2, -0.15) is 13.2 Å². The number of ether oxygens (including phenoxy) is 1. The number of phenolic OH excluding ortho intramolecular Hbond substituents is 1. The Labute approximate surface area is 225 Å². The second kappa shape index (κ2) is 12.4. The molecule has 0 spiro atoms. The number of quaternary nitrogens is 1. The predicted molar refractivity (Wildman–Crippen MR) is 145 cm³/mol. The number of fused-ring (bicyclic) bond motifs is 1. The monoisotopic (exact) mass is 540 g/mol. The van der Waals surface area contributed by atoms with Gasteiger partial charge >= 0.3 is 6.18 Å². The van der Waals surface area contributed by atoms with Crippen molar-refractivity contribution in [2.45, 2.75) is 52.3 Å². The molecular formula is C31H33F3NO4+. The Morgan fingerprint density at radius 3 is 2.08 bits per heavy atom. The van der Waals surface area contributed by atoms with Crippen molar-refractivity contribution in [3.8, 4) is 28.4 Å². The van der Waals surface area contributed by atoms with E-state index in [2.05, 4.69) is 13.8 Å². The fourth-order valence-corrected chi connectivity index (χ4v) is 4.61. The Kier molecular flexibility index (Phi) is 8.97. The zero-order chi connectivity index (χ0) is 28.0. The van der Waals surface area contributed by atoms with Crippen LogP contribution in [0.2, 0.25) is 0 Å². The van der Waals surface area contributed by atoms with Crippen LogP contribution < -0.4 is 15.1 Å². The van der Waals surface area contributed by atoms with Crippen LogP contribution in [-0.2, 0) is 12.7 Å². The number of nitrogens with one attached hydrogen (secondary N) is 1. The number of hydrogen-bond donors (Lipinski definition) is 2. The average molecular weight is 541 g/mol. The summed E-state index contributed by atoms with van der Waals surface area (Å²) in [6, 6.07) is 18.5. The zero-order valence-electron chi connectivity index (χ0n) is 22.1. The van der Waals surface area contributed by atoms with Crippen LogP contribution in [0.25, 0.3) is 22.1 Å². The predicted octanol–water partition coefficient (Wildman–Crippen LogP) is 6.96. The molecule has 0 radical (unpaired) electrons. The van der Waals surface area contributed by atoms with Gasteiger partial charge in [-0.1, -0.05) is 69.2 Å². The lowest BCUT2D eigenvalue weighted by molar-refractivity contribution is -0.914. The molecular weight excluding hydrogens is 507 g/mol. The van der Waals surface area contributed by atoms with Gasteiger partial charge < -0.3 is 19.2 Å². The molecule has 0 atom stereocenters. The van der Waals surface area contributed by atoms with Crippen molar-refractivity contribution in [1.82, 2.24) is 0 Å². The minimum Gasteiger partial charge on any atom is -0.507 e. The summed E-state index contributed by atoms with van der Waals surface area (Å²) in [5, 5.41) is 10.6. The molecule has 0 amide bonds. The molecule has 1 heterocycles. The van der Waals surface area contributed by atoms with Crippen molar-refractivity contribution in [3.05, 3.63) is 88.3 Å². The lowest BCUT2D eigenvalue weighted by atomic mass is 10.1. The number of halogens is 3. The van der Waals surface area contributed by atoms with E-state index < -0.39 is 23.1 Å². The van der Waals surface area contributed by atoms with Gasteiger partial charge in [0.05, 0.1) is 24.0 Å². The van der Waals surface area contributed by atoms with Gasteiger partial charge in [-0.3, -0.25) is 4.79 Å². The summed E-state index contributed by atoms with van der Waals surface area (Å²) in [6.45, 7) is 5.96. The van der Waals surface area contributed by atoms with Crippen molar-refractivity contribution in [3.63, 3.8) is 0 Å². The summed E-state index contributed by atoms with van der Waals surface area (Å²) in [5.74, 6) is -2.59. The quantitative estimate of drug-likeness (QED) is 0.216. The zero-order valence-corrected chi connectivity index (χ0v) is 22.1. The van der Waals surface area contributed by atoms with Gasteiger partial charge in [-0.15, -0.1) is 0 Å². The Balaban J connectivity index is 1.76. The standard InChI is InChI=1S/C31H32F3NO4/c1-3-5-18-35(19-6-4-2)20-25-26(36)17-16-24-27(37)29(30(31(32,33)34)39-28(24)25)38-23-14-12-22(13-15-23)21-10-8-7-9-11-21/h7-17,36H,3-6,18-20H2,1-2H3/p+1. The number of benzene rings is 3. The molecule has 1 aromatic heterocycles. The molecule has 4 aromatic rings. The molecule has 4 rings (SSSR count). The molecule has 2 N–H and O–H groups in total. The van der Waals surface area contributed by atoms with Gasteiger partial charge in [0.1, 0.15) is 18.0 Å². The lowest BCUT2D eigenvalue weighted by Gasteiger charge is -2.21. The van der Waals surface area contributed by atoms with Gasteiger partial charge in [0.15, 0.2) is 5.58 Å². The highest BCUT2D eigenvalue weighted by molar-refractivity contribution is 5.83. The van der Waals surface area contributed by atoms with Crippen LogP contribution in [0.15, 0.2) is 75.9 Å². The van der Waals surface area contributed by atoms with E-state index in [-0.39, 0.29) is 34.6 Å². The lowest BCUT2D eigenvalue weighted by Crippen LogP contribution is -3.10. The second-order valence-corrected chi connectivity index (χ2v) is 9.65. The average Bonchev–Trinajstić information content (AvgIpc) is 2.93. The van der Waals surface area contributed by atoms with E-state index in [1.807, 2.05) is 30.3 Å². The maximum Gasteiger partial charge on any atom is 0.453 e. The first-order chi connectivity index (χ1) is 18.7. The van der Waals surface area contributed by atoms with Crippen LogP contribution in [0.5, 0.6) is 17.2 Å². The van der Waals surface area contributed by atoms with E-state index in [0.717, 1.165) is 54.8 Å². The minimum absolute atomic E-state index is 0.0700. The molecule has 39 heavy (non-hydrogen) atoms. The van der Waals surface area contributed by atoms with Crippen molar-refractivity contribution < 1.29 is 32.3 Å². The Bertz CT molecular complexity index is 1440. The number of alkyl halides is 3. The first-order valence-electron chi connectivity index (χ1n) is 13.3. The van der Waals surface area contributed by atoms with Crippen LogP contribution in [-0.4, -0.2) is 18.2 Å². The number of hydrogen-bond acceptors (Lipinski definition) is 4.